The molecule has 1 aromatic heterocycles. The molecule has 0 fully saturated rings. The van der Waals surface area contributed by atoms with E-state index in [1.54, 1.807) is 6.92 Å². The highest BCUT2D eigenvalue weighted by atomic mass is 16.6. The van der Waals surface area contributed by atoms with Crippen LogP contribution < -0.4 is 16.2 Å². The summed E-state index contributed by atoms with van der Waals surface area (Å²) in [6.07, 6.45) is 1.32. The van der Waals surface area contributed by atoms with Gasteiger partial charge in [0.05, 0.1) is 23.4 Å². The van der Waals surface area contributed by atoms with E-state index in [9.17, 15) is 15.2 Å². The number of phenolic OH excluding ortho intramolecular Hbond substituents is 1. The largest absolute Gasteiger partial charge is 0.503 e. The van der Waals surface area contributed by atoms with Crippen molar-refractivity contribution in [3.05, 3.63) is 57.8 Å². The Hall–Kier alpha value is -4.88. The molecule has 0 bridgehead atoms. The highest BCUT2D eigenvalue weighted by Crippen LogP contribution is 2.38. The Morgan fingerprint density at radius 3 is 2.81 bits per heavy atom. The number of anilines is 1. The van der Waals surface area contributed by atoms with Gasteiger partial charge in [-0.05, 0) is 35.4 Å². The molecule has 0 atom stereocenters. The Bertz CT molecular complexity index is 1220. The van der Waals surface area contributed by atoms with Crippen molar-refractivity contribution in [2.24, 2.45) is 26.2 Å². The number of aromatic hydroxyl groups is 1. The predicted molar refractivity (Wildman–Crippen MR) is 114 cm³/mol. The van der Waals surface area contributed by atoms with Gasteiger partial charge in [-0.15, -0.1) is 10.2 Å². The van der Waals surface area contributed by atoms with Crippen LogP contribution in [0.3, 0.4) is 0 Å². The molecule has 14 heteroatoms. The molecule has 0 amide bonds. The van der Waals surface area contributed by atoms with E-state index in [0.717, 1.165) is 0 Å². The van der Waals surface area contributed by atoms with Crippen LogP contribution in [0, 0.1) is 10.1 Å². The topological polar surface area (TPSA) is 213 Å². The Balaban J connectivity index is 1.91. The highest BCUT2D eigenvalue weighted by Gasteiger charge is 2.12. The Morgan fingerprint density at radius 2 is 2.12 bits per heavy atom. The van der Waals surface area contributed by atoms with Gasteiger partial charge in [-0.25, -0.2) is 4.63 Å². The van der Waals surface area contributed by atoms with Gasteiger partial charge >= 0.3 is 0 Å². The molecule has 164 valence electrons. The van der Waals surface area contributed by atoms with Crippen molar-refractivity contribution in [1.29, 1.82) is 0 Å². The molecule has 0 unspecified atom stereocenters. The molecule has 5 N–H and O–H groups in total. The Morgan fingerprint density at radius 1 is 1.31 bits per heavy atom. The molecule has 0 aliphatic rings. The van der Waals surface area contributed by atoms with E-state index >= 15 is 0 Å². The van der Waals surface area contributed by atoms with Crippen LogP contribution in [-0.4, -0.2) is 39.0 Å². The van der Waals surface area contributed by atoms with Gasteiger partial charge in [-0.3, -0.25) is 10.1 Å². The zero-order chi connectivity index (χ0) is 23.1. The second-order valence-corrected chi connectivity index (χ2v) is 6.02. The monoisotopic (exact) mass is 439 g/mol. The first kappa shape index (κ1) is 21.8. The summed E-state index contributed by atoms with van der Waals surface area (Å²) in [6.45, 7) is 2.02. The van der Waals surface area contributed by atoms with Crippen LogP contribution in [-0.2, 0) is 0 Å². The number of nitro benzene ring substituents is 1. The molecule has 3 aromatic rings. The van der Waals surface area contributed by atoms with Crippen molar-refractivity contribution in [3.8, 4) is 11.5 Å². The van der Waals surface area contributed by atoms with Crippen molar-refractivity contribution in [1.82, 2.24) is 10.3 Å². The molecule has 1 heterocycles. The molecular formula is C18H17N9O5. The van der Waals surface area contributed by atoms with Crippen LogP contribution >= 0.6 is 0 Å². The average Bonchev–Trinajstić information content (AvgIpc) is 3.21. The van der Waals surface area contributed by atoms with Gasteiger partial charge in [0.15, 0.2) is 28.8 Å². The molecule has 0 radical (unpaired) electrons. The number of nitrogen functional groups attached to an aromatic ring is 1. The lowest BCUT2D eigenvalue weighted by molar-refractivity contribution is -0.384. The lowest BCUT2D eigenvalue weighted by Gasteiger charge is -2.08. The summed E-state index contributed by atoms with van der Waals surface area (Å²) in [5, 5.41) is 43.8. The first-order chi connectivity index (χ1) is 15.4. The average molecular weight is 439 g/mol. The van der Waals surface area contributed by atoms with Crippen molar-refractivity contribution < 1.29 is 19.4 Å². The maximum atomic E-state index is 10.9. The molecule has 0 aliphatic carbocycles. The van der Waals surface area contributed by atoms with Crippen LogP contribution in [0.2, 0.25) is 0 Å². The number of rotatable bonds is 8. The Labute approximate surface area is 180 Å². The van der Waals surface area contributed by atoms with Crippen LogP contribution in [0.4, 0.5) is 22.9 Å². The molecule has 0 saturated heterocycles. The van der Waals surface area contributed by atoms with Gasteiger partial charge < -0.3 is 21.3 Å². The van der Waals surface area contributed by atoms with Crippen LogP contribution in [0.25, 0.3) is 0 Å². The smallest absolute Gasteiger partial charge is 0.271 e. The second kappa shape index (κ2) is 9.75. The fourth-order valence-electron chi connectivity index (χ4n) is 2.39. The number of nitrogens with zero attached hydrogens (tertiary/aromatic N) is 7. The van der Waals surface area contributed by atoms with E-state index in [1.165, 1.54) is 42.6 Å². The molecule has 2 aromatic carbocycles. The molecule has 0 spiro atoms. The van der Waals surface area contributed by atoms with Gasteiger partial charge in [0, 0.05) is 17.7 Å². The fraction of sp³-hybridized carbons (Fsp3) is 0.111. The number of phenols is 1. The second-order valence-electron chi connectivity index (χ2n) is 6.02. The number of nitro groups is 1. The first-order valence-electron chi connectivity index (χ1n) is 9.00. The maximum absolute atomic E-state index is 10.9. The normalized spacial score (nSPS) is 12.0. The third-order valence-corrected chi connectivity index (χ3v) is 3.82. The number of benzene rings is 2. The minimum absolute atomic E-state index is 0.0337. The number of azo groups is 1. The summed E-state index contributed by atoms with van der Waals surface area (Å²) in [6, 6.07) is 8.55. The third-order valence-electron chi connectivity index (χ3n) is 3.82. The van der Waals surface area contributed by atoms with Gasteiger partial charge in [0.1, 0.15) is 5.69 Å². The summed E-state index contributed by atoms with van der Waals surface area (Å²) in [7, 11) is 0. The minimum atomic E-state index is -0.546. The SMILES string of the molecule is CCOc1cc(/C=N/N=C(\N)c2nonc2N)cc(N=Nc2cccc([N+](=O)[O-])c2)c1O. The van der Waals surface area contributed by atoms with E-state index in [4.69, 9.17) is 16.2 Å². The predicted octanol–water partition coefficient (Wildman–Crippen LogP) is 2.82. The van der Waals surface area contributed by atoms with Crippen LogP contribution in [0.5, 0.6) is 11.5 Å². The Kier molecular flexibility index (Phi) is 6.65. The molecule has 0 aliphatic heterocycles. The summed E-state index contributed by atoms with van der Waals surface area (Å²) in [4.78, 5) is 10.4. The number of amidine groups is 1. The molecule has 14 nitrogen and oxygen atoms in total. The number of hydrogen-bond acceptors (Lipinski definition) is 12. The minimum Gasteiger partial charge on any atom is -0.503 e. The van der Waals surface area contributed by atoms with E-state index in [1.807, 2.05) is 0 Å². The van der Waals surface area contributed by atoms with E-state index in [-0.39, 0.29) is 52.5 Å². The number of hydrogen-bond donors (Lipinski definition) is 3. The highest BCUT2D eigenvalue weighted by molar-refractivity contribution is 5.99. The molecule has 32 heavy (non-hydrogen) atoms. The van der Waals surface area contributed by atoms with Gasteiger partial charge in [-0.1, -0.05) is 6.07 Å². The van der Waals surface area contributed by atoms with Crippen LogP contribution in [0.15, 0.2) is 61.5 Å². The summed E-state index contributed by atoms with van der Waals surface area (Å²) < 4.78 is 9.86. The van der Waals surface area contributed by atoms with Crippen LogP contribution in [0.1, 0.15) is 18.2 Å². The van der Waals surface area contributed by atoms with E-state index < -0.39 is 4.92 Å². The van der Waals surface area contributed by atoms with Gasteiger partial charge in [0.2, 0.25) is 0 Å². The zero-order valence-electron chi connectivity index (χ0n) is 16.6. The first-order valence-corrected chi connectivity index (χ1v) is 9.00. The molecule has 3 rings (SSSR count). The van der Waals surface area contributed by atoms with Gasteiger partial charge in [-0.2, -0.15) is 10.2 Å². The van der Waals surface area contributed by atoms with Gasteiger partial charge in [0.25, 0.3) is 5.69 Å². The number of nitrogens with two attached hydrogens (primary N) is 2. The summed E-state index contributed by atoms with van der Waals surface area (Å²) in [5.74, 6) is -0.281. The fourth-order valence-corrected chi connectivity index (χ4v) is 2.39. The molecular weight excluding hydrogens is 422 g/mol. The lowest BCUT2D eigenvalue weighted by atomic mass is 10.2. The van der Waals surface area contributed by atoms with Crippen molar-refractivity contribution >= 4 is 34.9 Å². The van der Waals surface area contributed by atoms with Crippen molar-refractivity contribution in [2.45, 2.75) is 6.92 Å². The maximum Gasteiger partial charge on any atom is 0.271 e. The number of ether oxygens (including phenoxy) is 1. The summed E-state index contributed by atoms with van der Waals surface area (Å²) in [5.41, 5.74) is 11.9. The van der Waals surface area contributed by atoms with E-state index in [0.29, 0.717) is 5.56 Å². The zero-order valence-corrected chi connectivity index (χ0v) is 16.6. The van der Waals surface area contributed by atoms with Crippen molar-refractivity contribution in [2.75, 3.05) is 12.3 Å². The summed E-state index contributed by atoms with van der Waals surface area (Å²) >= 11 is 0. The number of aromatic nitrogens is 2. The van der Waals surface area contributed by atoms with E-state index in [2.05, 4.69) is 35.4 Å². The number of non-ortho nitro benzene ring substituents is 1. The quantitative estimate of drug-likeness (QED) is 0.154. The van der Waals surface area contributed by atoms with Crippen molar-refractivity contribution in [3.63, 3.8) is 0 Å². The molecule has 0 saturated carbocycles. The lowest BCUT2D eigenvalue weighted by Crippen LogP contribution is -2.15. The third kappa shape index (κ3) is 5.18. The standard InChI is InChI=1S/C18H17N9O5/c1-2-31-14-7-10(9-21-24-17(19)15-18(20)26-32-25-15)6-13(16(14)28)23-22-11-4-3-5-12(8-11)27(29)30/h3-9,28H,2H2,1H3,(H2,19,24)(H2,20,26)/b21-9+,23-22?.